The lowest BCUT2D eigenvalue weighted by Crippen LogP contribution is -2.27. The maximum atomic E-state index is 11.8. The van der Waals surface area contributed by atoms with Gasteiger partial charge in [-0.05, 0) is 30.9 Å². The van der Waals surface area contributed by atoms with Gasteiger partial charge in [0, 0.05) is 6.42 Å². The predicted molar refractivity (Wildman–Crippen MR) is 65.5 cm³/mol. The molecule has 88 valence electrons. The van der Waals surface area contributed by atoms with E-state index in [1.54, 1.807) is 0 Å². The van der Waals surface area contributed by atoms with E-state index >= 15 is 0 Å². The van der Waals surface area contributed by atoms with Crippen molar-refractivity contribution in [2.75, 3.05) is 0 Å². The Balaban J connectivity index is 2.80. The molecular weight excluding hydrogens is 200 g/mol. The number of rotatable bonds is 4. The normalized spacial score (nSPS) is 12.9. The topological polar surface area (TPSA) is 37.3 Å². The summed E-state index contributed by atoms with van der Waals surface area (Å²) in [5.74, 6) is -0.110. The third-order valence-electron chi connectivity index (χ3n) is 2.83. The van der Waals surface area contributed by atoms with Crippen molar-refractivity contribution in [1.82, 2.24) is 0 Å². The Labute approximate surface area is 97.3 Å². The highest BCUT2D eigenvalue weighted by atomic mass is 16.3. The van der Waals surface area contributed by atoms with Gasteiger partial charge in [-0.3, -0.25) is 4.79 Å². The van der Waals surface area contributed by atoms with Crippen LogP contribution in [0.2, 0.25) is 0 Å². The van der Waals surface area contributed by atoms with Gasteiger partial charge in [0.1, 0.15) is 6.10 Å². The van der Waals surface area contributed by atoms with Gasteiger partial charge in [-0.15, -0.1) is 0 Å². The molecule has 2 nitrogen and oxygen atoms in total. The highest BCUT2D eigenvalue weighted by Gasteiger charge is 2.19. The first kappa shape index (κ1) is 12.9. The molecule has 1 aromatic rings. The van der Waals surface area contributed by atoms with E-state index in [9.17, 15) is 9.90 Å². The number of aryl methyl sites for hydroxylation is 2. The van der Waals surface area contributed by atoms with Crippen molar-refractivity contribution in [3.8, 4) is 0 Å². The van der Waals surface area contributed by atoms with Crippen molar-refractivity contribution in [2.45, 2.75) is 40.2 Å². The first-order chi connectivity index (χ1) is 7.41. The van der Waals surface area contributed by atoms with Crippen molar-refractivity contribution in [3.05, 3.63) is 34.9 Å². The van der Waals surface area contributed by atoms with Crippen LogP contribution in [0.15, 0.2) is 18.2 Å². The van der Waals surface area contributed by atoms with E-state index in [2.05, 4.69) is 0 Å². The van der Waals surface area contributed by atoms with E-state index in [1.807, 2.05) is 45.9 Å². The molecule has 0 saturated heterocycles. The second-order valence-electron chi connectivity index (χ2n) is 4.76. The molecular formula is C14H20O2. The fourth-order valence-corrected chi connectivity index (χ4v) is 1.65. The molecule has 0 aliphatic carbocycles. The molecule has 0 aliphatic heterocycles. The van der Waals surface area contributed by atoms with Crippen molar-refractivity contribution in [1.29, 1.82) is 0 Å². The van der Waals surface area contributed by atoms with Crippen LogP contribution in [0.3, 0.4) is 0 Å². The fraction of sp³-hybridized carbons (Fsp3) is 0.500. The molecule has 1 atom stereocenters. The van der Waals surface area contributed by atoms with E-state index in [0.29, 0.717) is 6.42 Å². The van der Waals surface area contributed by atoms with Gasteiger partial charge in [-0.1, -0.05) is 37.6 Å². The number of hydrogen-bond donors (Lipinski definition) is 1. The molecule has 0 aliphatic rings. The summed E-state index contributed by atoms with van der Waals surface area (Å²) in [7, 11) is 0. The number of benzene rings is 1. The summed E-state index contributed by atoms with van der Waals surface area (Å²) in [5, 5.41) is 9.67. The Kier molecular flexibility index (Phi) is 4.25. The van der Waals surface area contributed by atoms with Gasteiger partial charge >= 0.3 is 0 Å². The van der Waals surface area contributed by atoms with E-state index in [-0.39, 0.29) is 11.7 Å². The molecule has 16 heavy (non-hydrogen) atoms. The van der Waals surface area contributed by atoms with Crippen LogP contribution < -0.4 is 0 Å². The molecule has 0 heterocycles. The smallest absolute Gasteiger partial charge is 0.165 e. The Morgan fingerprint density at radius 2 is 1.94 bits per heavy atom. The van der Waals surface area contributed by atoms with Crippen LogP contribution in [0.1, 0.15) is 30.5 Å². The summed E-state index contributed by atoms with van der Waals surface area (Å²) in [4.78, 5) is 11.8. The molecule has 1 aromatic carbocycles. The highest BCUT2D eigenvalue weighted by Crippen LogP contribution is 2.14. The highest BCUT2D eigenvalue weighted by molar-refractivity contribution is 5.85. The van der Waals surface area contributed by atoms with Crippen LogP contribution in [0.5, 0.6) is 0 Å². The van der Waals surface area contributed by atoms with Crippen LogP contribution in [-0.2, 0) is 11.2 Å². The molecule has 0 bridgehead atoms. The number of Topliss-reactive ketones (excluding diaryl/α,β-unsaturated/α-hetero) is 1. The van der Waals surface area contributed by atoms with Crippen molar-refractivity contribution in [3.63, 3.8) is 0 Å². The number of ketones is 1. The average Bonchev–Trinajstić information content (AvgIpc) is 2.22. The monoisotopic (exact) mass is 220 g/mol. The first-order valence-electron chi connectivity index (χ1n) is 5.68. The maximum Gasteiger partial charge on any atom is 0.165 e. The largest absolute Gasteiger partial charge is 0.385 e. The van der Waals surface area contributed by atoms with Gasteiger partial charge in [-0.25, -0.2) is 0 Å². The van der Waals surface area contributed by atoms with E-state index < -0.39 is 6.10 Å². The molecule has 0 saturated carbocycles. The lowest BCUT2D eigenvalue weighted by atomic mass is 9.95. The van der Waals surface area contributed by atoms with Gasteiger partial charge in [0.05, 0.1) is 0 Å². The Bertz CT molecular complexity index is 380. The lowest BCUT2D eigenvalue weighted by molar-refractivity contribution is -0.128. The second-order valence-corrected chi connectivity index (χ2v) is 4.76. The van der Waals surface area contributed by atoms with Gasteiger partial charge in [0.2, 0.25) is 0 Å². The summed E-state index contributed by atoms with van der Waals surface area (Å²) in [6.45, 7) is 7.70. The van der Waals surface area contributed by atoms with E-state index in [4.69, 9.17) is 0 Å². The standard InChI is InChI=1S/C14H20O2/c1-9(2)14(16)13(15)8-12-7-10(3)5-6-11(12)4/h5-7,9,14,16H,8H2,1-4H3. The molecule has 1 N–H and O–H groups in total. The van der Waals surface area contributed by atoms with Gasteiger partial charge in [-0.2, -0.15) is 0 Å². The number of hydrogen-bond acceptors (Lipinski definition) is 2. The molecule has 2 heteroatoms. The van der Waals surface area contributed by atoms with Gasteiger partial charge < -0.3 is 5.11 Å². The average molecular weight is 220 g/mol. The molecule has 0 radical (unpaired) electrons. The summed E-state index contributed by atoms with van der Waals surface area (Å²) >= 11 is 0. The molecule has 1 unspecified atom stereocenters. The minimum Gasteiger partial charge on any atom is -0.385 e. The quantitative estimate of drug-likeness (QED) is 0.846. The summed E-state index contributed by atoms with van der Waals surface area (Å²) < 4.78 is 0. The molecule has 0 spiro atoms. The van der Waals surface area contributed by atoms with Crippen molar-refractivity contribution < 1.29 is 9.90 Å². The maximum absolute atomic E-state index is 11.8. The molecule has 1 rings (SSSR count). The van der Waals surface area contributed by atoms with E-state index in [1.165, 1.54) is 0 Å². The zero-order chi connectivity index (χ0) is 12.3. The van der Waals surface area contributed by atoms with Crippen molar-refractivity contribution in [2.24, 2.45) is 5.92 Å². The van der Waals surface area contributed by atoms with Crippen LogP contribution in [-0.4, -0.2) is 17.0 Å². The SMILES string of the molecule is Cc1ccc(C)c(CC(=O)C(O)C(C)C)c1. The summed E-state index contributed by atoms with van der Waals surface area (Å²) in [6.07, 6.45) is -0.521. The zero-order valence-corrected chi connectivity index (χ0v) is 10.4. The van der Waals surface area contributed by atoms with E-state index in [0.717, 1.165) is 16.7 Å². The minimum atomic E-state index is -0.847. The van der Waals surface area contributed by atoms with Crippen LogP contribution in [0.4, 0.5) is 0 Å². The first-order valence-corrected chi connectivity index (χ1v) is 5.68. The lowest BCUT2D eigenvalue weighted by Gasteiger charge is -2.14. The van der Waals surface area contributed by atoms with Gasteiger partial charge in [0.25, 0.3) is 0 Å². The second kappa shape index (κ2) is 5.26. The minimum absolute atomic E-state index is 0.0161. The third kappa shape index (κ3) is 3.17. The third-order valence-corrected chi connectivity index (χ3v) is 2.83. The molecule has 0 aromatic heterocycles. The number of carbonyl (C=O) groups is 1. The fourth-order valence-electron chi connectivity index (χ4n) is 1.65. The summed E-state index contributed by atoms with van der Waals surface area (Å²) in [6, 6.07) is 6.06. The predicted octanol–water partition coefficient (Wildman–Crippen LogP) is 2.43. The molecule has 0 fully saturated rings. The van der Waals surface area contributed by atoms with Crippen LogP contribution >= 0.6 is 0 Å². The zero-order valence-electron chi connectivity index (χ0n) is 10.4. The Morgan fingerprint density at radius 1 is 1.31 bits per heavy atom. The summed E-state index contributed by atoms with van der Waals surface area (Å²) in [5.41, 5.74) is 3.27. The Morgan fingerprint density at radius 3 is 2.50 bits per heavy atom. The number of carbonyl (C=O) groups excluding carboxylic acids is 1. The molecule has 0 amide bonds. The number of aliphatic hydroxyl groups is 1. The number of aliphatic hydroxyl groups excluding tert-OH is 1. The van der Waals surface area contributed by atoms with Crippen LogP contribution in [0, 0.1) is 19.8 Å². The van der Waals surface area contributed by atoms with Gasteiger partial charge in [0.15, 0.2) is 5.78 Å². The van der Waals surface area contributed by atoms with Crippen LogP contribution in [0.25, 0.3) is 0 Å². The Hall–Kier alpha value is -1.15. The van der Waals surface area contributed by atoms with Crippen molar-refractivity contribution >= 4 is 5.78 Å².